The van der Waals surface area contributed by atoms with Gasteiger partial charge in [-0.05, 0) is 63.4 Å². The maximum atomic E-state index is 14.8. The summed E-state index contributed by atoms with van der Waals surface area (Å²) in [6.07, 6.45) is 0.678. The number of carbonyl (C=O) groups is 2. The van der Waals surface area contributed by atoms with E-state index < -0.39 is 29.2 Å². The van der Waals surface area contributed by atoms with Crippen LogP contribution in [-0.2, 0) is 4.74 Å². The highest BCUT2D eigenvalue weighted by molar-refractivity contribution is 6.04. The number of anilines is 1. The first kappa shape index (κ1) is 29.3. The number of primary amides is 1. The van der Waals surface area contributed by atoms with Gasteiger partial charge in [-0.1, -0.05) is 18.2 Å². The smallest absolute Gasteiger partial charge is 0.407 e. The highest BCUT2D eigenvalue weighted by Gasteiger charge is 2.27. The summed E-state index contributed by atoms with van der Waals surface area (Å²) in [4.78, 5) is 34.9. The maximum absolute atomic E-state index is 14.8. The number of alkyl carbamates (subject to hydrolysis) is 1. The Hall–Kier alpha value is -4.72. The third-order valence-corrected chi connectivity index (χ3v) is 6.59. The van der Waals surface area contributed by atoms with Gasteiger partial charge in [0.1, 0.15) is 17.2 Å². The average Bonchev–Trinajstić information content (AvgIpc) is 2.91. The summed E-state index contributed by atoms with van der Waals surface area (Å²) in [7, 11) is 1.34. The number of nitrogens with two attached hydrogens (primary N) is 1. The van der Waals surface area contributed by atoms with E-state index in [-0.39, 0.29) is 39.9 Å². The number of halogens is 2. The van der Waals surface area contributed by atoms with Crippen LogP contribution in [0.5, 0.6) is 5.75 Å². The van der Waals surface area contributed by atoms with Gasteiger partial charge in [0.2, 0.25) is 11.6 Å². The molecule has 0 bridgehead atoms. The van der Waals surface area contributed by atoms with E-state index >= 15 is 0 Å². The van der Waals surface area contributed by atoms with Crippen LogP contribution in [0.3, 0.4) is 0 Å². The van der Waals surface area contributed by atoms with Gasteiger partial charge in [-0.2, -0.15) is 0 Å². The second-order valence-electron chi connectivity index (χ2n) is 10.7. The van der Waals surface area contributed by atoms with Crippen LogP contribution >= 0.6 is 0 Å². The van der Waals surface area contributed by atoms with E-state index in [0.717, 1.165) is 6.07 Å². The number of methoxy groups -OCH3 is 1. The number of hydrogen-bond donors (Lipinski definition) is 2. The van der Waals surface area contributed by atoms with E-state index in [2.05, 4.69) is 10.2 Å². The normalized spacial score (nSPS) is 13.8. The summed E-state index contributed by atoms with van der Waals surface area (Å²) in [5, 5.41) is 2.88. The lowest BCUT2D eigenvalue weighted by atomic mass is 9.93. The van der Waals surface area contributed by atoms with Crippen LogP contribution in [0, 0.1) is 18.2 Å². The van der Waals surface area contributed by atoms with E-state index in [1.165, 1.54) is 37.4 Å². The zero-order valence-corrected chi connectivity index (χ0v) is 23.3. The molecular weight excluding hydrogens is 532 g/mol. The Morgan fingerprint density at radius 1 is 1.07 bits per heavy atom. The van der Waals surface area contributed by atoms with Gasteiger partial charge in [-0.3, -0.25) is 4.79 Å². The molecule has 0 aliphatic carbocycles. The van der Waals surface area contributed by atoms with E-state index in [0.29, 0.717) is 37.3 Å². The fraction of sp³-hybridized carbons (Fsp3) is 0.333. The van der Waals surface area contributed by atoms with Crippen molar-refractivity contribution in [1.82, 2.24) is 10.3 Å². The number of benzene rings is 2. The number of carbonyl (C=O) groups excluding carboxylic acids is 2. The predicted octanol–water partition coefficient (Wildman–Crippen LogP) is 5.85. The zero-order chi connectivity index (χ0) is 29.9. The van der Waals surface area contributed by atoms with Crippen molar-refractivity contribution in [3.8, 4) is 28.1 Å². The molecule has 0 atom stereocenters. The Morgan fingerprint density at radius 2 is 1.73 bits per heavy atom. The van der Waals surface area contributed by atoms with Crippen molar-refractivity contribution in [2.24, 2.45) is 5.73 Å². The molecule has 4 rings (SSSR count). The summed E-state index contributed by atoms with van der Waals surface area (Å²) in [6.45, 7) is 13.5. The zero-order valence-electron chi connectivity index (χ0n) is 23.3. The van der Waals surface area contributed by atoms with Gasteiger partial charge in [-0.15, -0.1) is 0 Å². The third kappa shape index (κ3) is 6.72. The highest BCUT2D eigenvalue weighted by atomic mass is 19.1. The molecular formula is C30H31F2N5O4. The topological polar surface area (TPSA) is 111 Å². The van der Waals surface area contributed by atoms with Gasteiger partial charge in [0.25, 0.3) is 0 Å². The summed E-state index contributed by atoms with van der Waals surface area (Å²) >= 11 is 0. The Kier molecular flexibility index (Phi) is 8.42. The number of ether oxygens (including phenoxy) is 2. The number of hydrogen-bond acceptors (Lipinski definition) is 6. The summed E-state index contributed by atoms with van der Waals surface area (Å²) in [5.74, 6) is -1.77. The number of nitrogens with one attached hydrogen (secondary N) is 1. The number of pyridine rings is 1. The first-order chi connectivity index (χ1) is 19.4. The van der Waals surface area contributed by atoms with Crippen molar-refractivity contribution in [2.45, 2.75) is 45.3 Å². The molecule has 3 N–H and O–H groups in total. The molecule has 1 fully saturated rings. The fourth-order valence-corrected chi connectivity index (χ4v) is 4.68. The molecule has 0 unspecified atom stereocenters. The van der Waals surface area contributed by atoms with Crippen molar-refractivity contribution < 1.29 is 27.8 Å². The Balaban J connectivity index is 1.76. The van der Waals surface area contributed by atoms with Crippen molar-refractivity contribution in [1.29, 1.82) is 0 Å². The van der Waals surface area contributed by atoms with E-state index in [1.54, 1.807) is 26.8 Å². The number of aromatic nitrogens is 1. The molecule has 3 aromatic rings. The lowest BCUT2D eigenvalue weighted by Crippen LogP contribution is -2.46. The molecule has 11 heteroatoms. The van der Waals surface area contributed by atoms with Gasteiger partial charge >= 0.3 is 6.09 Å². The van der Waals surface area contributed by atoms with Crippen molar-refractivity contribution >= 4 is 23.5 Å². The van der Waals surface area contributed by atoms with Crippen LogP contribution in [0.4, 0.5) is 25.1 Å². The molecule has 0 saturated carbocycles. The molecule has 1 aliphatic heterocycles. The predicted molar refractivity (Wildman–Crippen MR) is 151 cm³/mol. The molecule has 0 spiro atoms. The first-order valence-corrected chi connectivity index (χ1v) is 13.0. The Bertz CT molecular complexity index is 1520. The Labute approximate surface area is 237 Å². The standard InChI is InChI=1S/C30H31F2N5O4/c1-30(2,3)41-29(39)35-19-10-12-37(13-11-19)25-16-20(28(33)38)26(17-7-9-24(40-5)22(32)14-17)27(36-25)18-6-8-23(34-4)21(31)15-18/h6-9,14-16,19H,10-13H2,1-3,5H3,(H2,33,38)(H,35,39). The lowest BCUT2D eigenvalue weighted by Gasteiger charge is -2.34. The maximum Gasteiger partial charge on any atom is 0.407 e. The summed E-state index contributed by atoms with van der Waals surface area (Å²) in [5.41, 5.74) is 6.10. The molecule has 9 nitrogen and oxygen atoms in total. The lowest BCUT2D eigenvalue weighted by molar-refractivity contribution is 0.0497. The van der Waals surface area contributed by atoms with Crippen LogP contribution < -0.4 is 20.7 Å². The van der Waals surface area contributed by atoms with Crippen molar-refractivity contribution in [2.75, 3.05) is 25.1 Å². The molecule has 41 heavy (non-hydrogen) atoms. The minimum Gasteiger partial charge on any atom is -0.494 e. The molecule has 214 valence electrons. The summed E-state index contributed by atoms with van der Waals surface area (Å²) < 4.78 is 39.9. The quantitative estimate of drug-likeness (QED) is 0.364. The number of nitrogens with zero attached hydrogens (tertiary/aromatic N) is 3. The van der Waals surface area contributed by atoms with Gasteiger partial charge in [0.15, 0.2) is 11.6 Å². The van der Waals surface area contributed by atoms with E-state index in [1.807, 2.05) is 4.90 Å². The Morgan fingerprint density at radius 3 is 2.29 bits per heavy atom. The largest absolute Gasteiger partial charge is 0.494 e. The van der Waals surface area contributed by atoms with E-state index in [4.69, 9.17) is 26.8 Å². The third-order valence-electron chi connectivity index (χ3n) is 6.59. The van der Waals surface area contributed by atoms with E-state index in [9.17, 15) is 18.4 Å². The van der Waals surface area contributed by atoms with Crippen LogP contribution in [0.1, 0.15) is 44.0 Å². The highest BCUT2D eigenvalue weighted by Crippen LogP contribution is 2.39. The average molecular weight is 564 g/mol. The molecule has 2 amide bonds. The molecule has 1 saturated heterocycles. The second kappa shape index (κ2) is 11.8. The van der Waals surface area contributed by atoms with Gasteiger partial charge < -0.3 is 25.4 Å². The first-order valence-electron chi connectivity index (χ1n) is 13.0. The van der Waals surface area contributed by atoms with Crippen molar-refractivity contribution in [3.63, 3.8) is 0 Å². The van der Waals surface area contributed by atoms with Crippen LogP contribution in [0.25, 0.3) is 27.2 Å². The minimum atomic E-state index is -0.777. The summed E-state index contributed by atoms with van der Waals surface area (Å²) in [6, 6.07) is 9.59. The van der Waals surface area contributed by atoms with Crippen molar-refractivity contribution in [3.05, 3.63) is 71.1 Å². The number of piperidine rings is 1. The SMILES string of the molecule is [C-]#[N+]c1ccc(-c2nc(N3CCC(NC(=O)OC(C)(C)C)CC3)cc(C(N)=O)c2-c2ccc(OC)c(F)c2)cc1F. The number of rotatable bonds is 6. The minimum absolute atomic E-state index is 0.0100. The molecule has 2 aromatic carbocycles. The monoisotopic (exact) mass is 563 g/mol. The second-order valence-corrected chi connectivity index (χ2v) is 10.7. The number of amides is 2. The molecule has 2 heterocycles. The van der Waals surface area contributed by atoms with Gasteiger partial charge in [0.05, 0.1) is 24.9 Å². The van der Waals surface area contributed by atoms with Gasteiger partial charge in [0, 0.05) is 30.3 Å². The molecule has 1 aliphatic rings. The van der Waals surface area contributed by atoms with Gasteiger partial charge in [-0.25, -0.2) is 23.4 Å². The van der Waals surface area contributed by atoms with Crippen LogP contribution in [0.2, 0.25) is 0 Å². The van der Waals surface area contributed by atoms with Crippen LogP contribution in [-0.4, -0.2) is 48.8 Å². The fourth-order valence-electron chi connectivity index (χ4n) is 4.68. The molecule has 0 radical (unpaired) electrons. The van der Waals surface area contributed by atoms with Crippen LogP contribution in [0.15, 0.2) is 42.5 Å². The molecule has 1 aromatic heterocycles.